The summed E-state index contributed by atoms with van der Waals surface area (Å²) in [5.41, 5.74) is 3.80. The van der Waals surface area contributed by atoms with Gasteiger partial charge in [-0.1, -0.05) is 67.8 Å². The van der Waals surface area contributed by atoms with E-state index in [1.165, 1.54) is 32.1 Å². The van der Waals surface area contributed by atoms with Gasteiger partial charge >= 0.3 is 0 Å². The summed E-state index contributed by atoms with van der Waals surface area (Å²) < 4.78 is 3.33. The summed E-state index contributed by atoms with van der Waals surface area (Å²) in [7, 11) is 0. The zero-order valence-electron chi connectivity index (χ0n) is 22.9. The molecule has 1 saturated carbocycles. The Morgan fingerprint density at radius 1 is 1.05 bits per heavy atom. The third-order valence-corrected chi connectivity index (χ3v) is 7.91. The Bertz CT molecular complexity index is 1780. The van der Waals surface area contributed by atoms with E-state index in [-0.39, 0.29) is 11.5 Å². The van der Waals surface area contributed by atoms with Gasteiger partial charge in [0, 0.05) is 23.8 Å². The molecular weight excluding hydrogens is 498 g/mol. The van der Waals surface area contributed by atoms with Gasteiger partial charge in [-0.3, -0.25) is 14.2 Å². The number of carbonyl (C=O) groups is 1. The fraction of sp³-hybridized carbons (Fsp3) is 0.273. The number of nitrogens with one attached hydrogen (secondary N) is 1. The lowest BCUT2D eigenvalue weighted by atomic mass is 9.88. The maximum Gasteiger partial charge on any atom is 0.263 e. The molecule has 6 rings (SSSR count). The van der Waals surface area contributed by atoms with Crippen LogP contribution in [-0.4, -0.2) is 25.1 Å². The molecule has 7 nitrogen and oxygen atoms in total. The average molecular weight is 532 g/mol. The average Bonchev–Trinajstić information content (AvgIpc) is 3.32. The first-order chi connectivity index (χ1) is 19.5. The van der Waals surface area contributed by atoms with Crippen molar-refractivity contribution in [2.75, 3.05) is 0 Å². The van der Waals surface area contributed by atoms with Crippen LogP contribution in [-0.2, 0) is 0 Å². The second-order valence-corrected chi connectivity index (χ2v) is 10.7. The van der Waals surface area contributed by atoms with Gasteiger partial charge in [-0.05, 0) is 67.8 Å². The summed E-state index contributed by atoms with van der Waals surface area (Å²) in [6.07, 6.45) is 14.1. The lowest BCUT2D eigenvalue weighted by Gasteiger charge is -2.21. The predicted octanol–water partition coefficient (Wildman–Crippen LogP) is 6.43. The van der Waals surface area contributed by atoms with E-state index in [0.29, 0.717) is 33.9 Å². The van der Waals surface area contributed by atoms with Crippen LogP contribution in [0.25, 0.3) is 28.2 Å². The third-order valence-electron chi connectivity index (χ3n) is 7.91. The van der Waals surface area contributed by atoms with Gasteiger partial charge in [-0.15, -0.1) is 0 Å². The minimum atomic E-state index is -0.468. The smallest absolute Gasteiger partial charge is 0.263 e. The molecule has 202 valence electrons. The van der Waals surface area contributed by atoms with E-state index in [0.717, 1.165) is 16.6 Å². The Labute approximate surface area is 233 Å². The SMILES string of the molecule is Cc1nn2cccnc2c1C(=O)N[C@H](C)c1cc2cccc(/C=C/C3CCCCC3)c2c(=O)n1-c1ccccc1. The highest BCUT2D eigenvalue weighted by Gasteiger charge is 2.23. The van der Waals surface area contributed by atoms with Gasteiger partial charge in [-0.2, -0.15) is 5.10 Å². The summed E-state index contributed by atoms with van der Waals surface area (Å²) >= 11 is 0. The molecule has 0 spiro atoms. The van der Waals surface area contributed by atoms with E-state index in [4.69, 9.17) is 0 Å². The monoisotopic (exact) mass is 531 g/mol. The number of pyridine rings is 1. The van der Waals surface area contributed by atoms with E-state index in [1.54, 1.807) is 34.5 Å². The van der Waals surface area contributed by atoms with E-state index in [1.807, 2.05) is 61.5 Å². The number of benzene rings is 2. The number of hydrogen-bond donors (Lipinski definition) is 1. The van der Waals surface area contributed by atoms with Crippen molar-refractivity contribution in [3.05, 3.63) is 112 Å². The second kappa shape index (κ2) is 10.9. The van der Waals surface area contributed by atoms with Crippen LogP contribution in [0.3, 0.4) is 0 Å². The summed E-state index contributed by atoms with van der Waals surface area (Å²) in [6, 6.07) is 18.9. The molecule has 0 bridgehead atoms. The van der Waals surface area contributed by atoms with Crippen LogP contribution in [0.5, 0.6) is 0 Å². The second-order valence-electron chi connectivity index (χ2n) is 10.7. The first-order valence-corrected chi connectivity index (χ1v) is 14.0. The van der Waals surface area contributed by atoms with Crippen molar-refractivity contribution in [2.45, 2.75) is 52.0 Å². The minimum absolute atomic E-state index is 0.0995. The molecular formula is C33H33N5O2. The van der Waals surface area contributed by atoms with Crippen LogP contribution in [0.2, 0.25) is 0 Å². The molecule has 0 saturated heterocycles. The quantitative estimate of drug-likeness (QED) is 0.274. The van der Waals surface area contributed by atoms with Crippen LogP contribution >= 0.6 is 0 Å². The van der Waals surface area contributed by atoms with Crippen molar-refractivity contribution in [3.8, 4) is 5.69 Å². The van der Waals surface area contributed by atoms with Crippen LogP contribution in [0.1, 0.15) is 72.4 Å². The van der Waals surface area contributed by atoms with E-state index in [9.17, 15) is 9.59 Å². The molecule has 2 aromatic carbocycles. The number of para-hydroxylation sites is 1. The molecule has 1 aliphatic rings. The number of allylic oxidation sites excluding steroid dienone is 1. The Balaban J connectivity index is 1.44. The van der Waals surface area contributed by atoms with E-state index < -0.39 is 6.04 Å². The first-order valence-electron chi connectivity index (χ1n) is 14.0. The molecule has 3 heterocycles. The molecule has 0 unspecified atom stereocenters. The van der Waals surface area contributed by atoms with E-state index in [2.05, 4.69) is 27.6 Å². The third kappa shape index (κ3) is 4.83. The maximum absolute atomic E-state index is 14.3. The van der Waals surface area contributed by atoms with E-state index >= 15 is 0 Å². The number of aromatic nitrogens is 4. The fourth-order valence-corrected chi connectivity index (χ4v) is 5.88. The number of nitrogens with zero attached hydrogens (tertiary/aromatic N) is 4. The molecule has 1 amide bonds. The van der Waals surface area contributed by atoms with Gasteiger partial charge in [0.2, 0.25) is 0 Å². The summed E-state index contributed by atoms with van der Waals surface area (Å²) in [5, 5.41) is 9.08. The van der Waals surface area contributed by atoms with Gasteiger partial charge < -0.3 is 5.32 Å². The highest BCUT2D eigenvalue weighted by Crippen LogP contribution is 2.28. The summed E-state index contributed by atoms with van der Waals surface area (Å²) in [4.78, 5) is 32.1. The van der Waals surface area contributed by atoms with Gasteiger partial charge in [0.15, 0.2) is 5.65 Å². The first kappa shape index (κ1) is 25.7. The van der Waals surface area contributed by atoms with Crippen LogP contribution in [0, 0.1) is 12.8 Å². The number of carbonyl (C=O) groups excluding carboxylic acids is 1. The molecule has 0 radical (unpaired) electrons. The van der Waals surface area contributed by atoms with Crippen molar-refractivity contribution >= 4 is 28.4 Å². The van der Waals surface area contributed by atoms with Gasteiger partial charge in [0.1, 0.15) is 5.56 Å². The molecule has 5 aromatic rings. The minimum Gasteiger partial charge on any atom is -0.344 e. The normalized spacial score (nSPS) is 15.2. The molecule has 1 N–H and O–H groups in total. The molecule has 40 heavy (non-hydrogen) atoms. The molecule has 3 aromatic heterocycles. The molecule has 1 fully saturated rings. The molecule has 1 atom stereocenters. The number of fused-ring (bicyclic) bond motifs is 2. The van der Waals surface area contributed by atoms with Crippen molar-refractivity contribution in [1.29, 1.82) is 0 Å². The maximum atomic E-state index is 14.3. The number of amides is 1. The van der Waals surface area contributed by atoms with Gasteiger partial charge in [0.25, 0.3) is 11.5 Å². The fourth-order valence-electron chi connectivity index (χ4n) is 5.88. The number of aryl methyl sites for hydroxylation is 1. The highest BCUT2D eigenvalue weighted by molar-refractivity contribution is 6.01. The topological polar surface area (TPSA) is 81.3 Å². The van der Waals surface area contributed by atoms with Crippen LogP contribution in [0.4, 0.5) is 0 Å². The van der Waals surface area contributed by atoms with Crippen molar-refractivity contribution in [1.82, 2.24) is 24.5 Å². The molecule has 7 heteroatoms. The largest absolute Gasteiger partial charge is 0.344 e. The lowest BCUT2D eigenvalue weighted by molar-refractivity contribution is 0.0939. The van der Waals surface area contributed by atoms with Crippen molar-refractivity contribution in [3.63, 3.8) is 0 Å². The van der Waals surface area contributed by atoms with Crippen molar-refractivity contribution < 1.29 is 4.79 Å². The standard InChI is InChI=1S/C33H33N5O2/c1-22(35-32(39)29-23(2)36-37-20-10-19-34-31(29)37)28-21-26-14-9-13-25(18-17-24-11-5-3-6-12-24)30(26)33(40)38(28)27-15-7-4-8-16-27/h4,7-10,13-22,24H,3,5-6,11-12H2,1-2H3,(H,35,39)/b18-17+/t22-/m1/s1. The van der Waals surface area contributed by atoms with Crippen LogP contribution < -0.4 is 10.9 Å². The zero-order chi connectivity index (χ0) is 27.6. The predicted molar refractivity (Wildman–Crippen MR) is 159 cm³/mol. The highest BCUT2D eigenvalue weighted by atomic mass is 16.2. The van der Waals surface area contributed by atoms with Gasteiger partial charge in [-0.25, -0.2) is 9.50 Å². The Morgan fingerprint density at radius 3 is 2.65 bits per heavy atom. The summed E-state index contributed by atoms with van der Waals surface area (Å²) in [5.74, 6) is 0.280. The van der Waals surface area contributed by atoms with Crippen molar-refractivity contribution in [2.24, 2.45) is 5.92 Å². The number of rotatable bonds is 6. The Morgan fingerprint density at radius 2 is 1.85 bits per heavy atom. The van der Waals surface area contributed by atoms with Crippen LogP contribution in [0.15, 0.2) is 83.9 Å². The zero-order valence-corrected chi connectivity index (χ0v) is 22.9. The number of hydrogen-bond acceptors (Lipinski definition) is 4. The Kier molecular flexibility index (Phi) is 7.03. The Hall–Kier alpha value is -4.52. The summed E-state index contributed by atoms with van der Waals surface area (Å²) in [6.45, 7) is 3.70. The lowest BCUT2D eigenvalue weighted by Crippen LogP contribution is -2.32. The van der Waals surface area contributed by atoms with Gasteiger partial charge in [0.05, 0.1) is 17.1 Å². The molecule has 0 aliphatic heterocycles. The molecule has 1 aliphatic carbocycles.